The van der Waals surface area contributed by atoms with Crippen LogP contribution in [0.3, 0.4) is 0 Å². The molecule has 2 aliphatic carbocycles. The fourth-order valence-corrected chi connectivity index (χ4v) is 4.35. The van der Waals surface area contributed by atoms with Crippen LogP contribution in [-0.2, 0) is 0 Å². The molecule has 0 aromatic carbocycles. The van der Waals surface area contributed by atoms with Gasteiger partial charge in [0.25, 0.3) is 0 Å². The van der Waals surface area contributed by atoms with E-state index in [0.29, 0.717) is 0 Å². The van der Waals surface area contributed by atoms with Crippen LogP contribution in [0.4, 0.5) is 0 Å². The van der Waals surface area contributed by atoms with Gasteiger partial charge in [-0.2, -0.15) is 0 Å². The fourth-order valence-electron chi connectivity index (χ4n) is 4.35. The zero-order valence-corrected chi connectivity index (χ0v) is 18.3. The molecule has 0 radical (unpaired) electrons. The summed E-state index contributed by atoms with van der Waals surface area (Å²) in [5, 5.41) is 7.36. The predicted octanol–water partition coefficient (Wildman–Crippen LogP) is 6.98. The molecule has 2 heteroatoms. The molecular weight excluding hydrogens is 316 g/mol. The molecule has 0 spiro atoms. The predicted molar refractivity (Wildman–Crippen MR) is 118 cm³/mol. The minimum atomic E-state index is 0.872. The van der Waals surface area contributed by atoms with Gasteiger partial charge in [0, 0.05) is 12.1 Å². The second-order valence-electron chi connectivity index (χ2n) is 8.71. The second kappa shape index (κ2) is 18.3. The average Bonchev–Trinajstić information content (AvgIpc) is 2.69. The highest BCUT2D eigenvalue weighted by Crippen LogP contribution is 2.22. The van der Waals surface area contributed by atoms with Crippen molar-refractivity contribution >= 4 is 0 Å². The standard InChI is InChI=1S/C12H23N.C12H27N/c1-3-7-11(8-4-1)13-12-9-5-2-6-10-12;1-3-5-7-9-11-13-12-10-8-6-4-2/h11-13H,1-10H2;13H,3-12H2,1-2H3. The molecule has 2 saturated carbocycles. The van der Waals surface area contributed by atoms with Gasteiger partial charge < -0.3 is 10.6 Å². The van der Waals surface area contributed by atoms with Gasteiger partial charge in [-0.3, -0.25) is 0 Å². The summed E-state index contributed by atoms with van der Waals surface area (Å²) in [6, 6.07) is 1.74. The van der Waals surface area contributed by atoms with Crippen LogP contribution in [0.2, 0.25) is 0 Å². The fraction of sp³-hybridized carbons (Fsp3) is 1.00. The Morgan fingerprint density at radius 1 is 0.538 bits per heavy atom. The van der Waals surface area contributed by atoms with Crippen molar-refractivity contribution in [1.82, 2.24) is 10.6 Å². The van der Waals surface area contributed by atoms with Gasteiger partial charge in [0.2, 0.25) is 0 Å². The number of hydrogen-bond acceptors (Lipinski definition) is 2. The Morgan fingerprint density at radius 3 is 1.35 bits per heavy atom. The van der Waals surface area contributed by atoms with Crippen molar-refractivity contribution in [2.75, 3.05) is 13.1 Å². The Kier molecular flexibility index (Phi) is 16.9. The Balaban J connectivity index is 0.000000260. The topological polar surface area (TPSA) is 24.1 Å². The van der Waals surface area contributed by atoms with Crippen molar-refractivity contribution in [3.8, 4) is 0 Å². The lowest BCUT2D eigenvalue weighted by molar-refractivity contribution is 0.291. The zero-order chi connectivity index (χ0) is 18.7. The maximum Gasteiger partial charge on any atom is 0.00696 e. The first kappa shape index (κ1) is 24.0. The first-order chi connectivity index (χ1) is 12.9. The largest absolute Gasteiger partial charge is 0.317 e. The minimum absolute atomic E-state index is 0.872. The third kappa shape index (κ3) is 14.0. The van der Waals surface area contributed by atoms with Gasteiger partial charge in [-0.25, -0.2) is 0 Å². The van der Waals surface area contributed by atoms with Gasteiger partial charge in [0.15, 0.2) is 0 Å². The summed E-state index contributed by atoms with van der Waals surface area (Å²) in [6.45, 7) is 6.98. The molecule has 0 aromatic heterocycles. The summed E-state index contributed by atoms with van der Waals surface area (Å²) in [5.74, 6) is 0. The first-order valence-corrected chi connectivity index (χ1v) is 12.3. The zero-order valence-electron chi connectivity index (χ0n) is 18.3. The van der Waals surface area contributed by atoms with E-state index in [9.17, 15) is 0 Å². The van der Waals surface area contributed by atoms with Gasteiger partial charge >= 0.3 is 0 Å². The summed E-state index contributed by atoms with van der Waals surface area (Å²) in [7, 11) is 0. The Hall–Kier alpha value is -0.0800. The molecule has 0 unspecified atom stereocenters. The van der Waals surface area contributed by atoms with Crippen LogP contribution in [0.1, 0.15) is 129 Å². The molecule has 0 heterocycles. The van der Waals surface area contributed by atoms with Crippen molar-refractivity contribution in [2.24, 2.45) is 0 Å². The van der Waals surface area contributed by atoms with Crippen molar-refractivity contribution in [3.63, 3.8) is 0 Å². The molecule has 2 rings (SSSR count). The molecule has 0 saturated heterocycles. The quantitative estimate of drug-likeness (QED) is 0.364. The van der Waals surface area contributed by atoms with E-state index in [-0.39, 0.29) is 0 Å². The van der Waals surface area contributed by atoms with Gasteiger partial charge in [-0.15, -0.1) is 0 Å². The Labute approximate surface area is 165 Å². The van der Waals surface area contributed by atoms with E-state index in [1.807, 2.05) is 0 Å². The van der Waals surface area contributed by atoms with Crippen LogP contribution in [0, 0.1) is 0 Å². The maximum atomic E-state index is 3.86. The van der Waals surface area contributed by atoms with E-state index in [2.05, 4.69) is 24.5 Å². The van der Waals surface area contributed by atoms with Crippen LogP contribution in [0.5, 0.6) is 0 Å². The first-order valence-electron chi connectivity index (χ1n) is 12.3. The molecule has 0 bridgehead atoms. The van der Waals surface area contributed by atoms with Crippen LogP contribution in [0.25, 0.3) is 0 Å². The van der Waals surface area contributed by atoms with E-state index in [0.717, 1.165) is 12.1 Å². The number of nitrogens with one attached hydrogen (secondary N) is 2. The van der Waals surface area contributed by atoms with Crippen molar-refractivity contribution in [2.45, 2.75) is 142 Å². The highest BCUT2D eigenvalue weighted by molar-refractivity contribution is 4.79. The van der Waals surface area contributed by atoms with Crippen molar-refractivity contribution < 1.29 is 0 Å². The third-order valence-corrected chi connectivity index (χ3v) is 6.10. The van der Waals surface area contributed by atoms with Crippen LogP contribution in [0.15, 0.2) is 0 Å². The molecule has 2 aliphatic rings. The molecule has 0 aromatic rings. The molecule has 2 N–H and O–H groups in total. The van der Waals surface area contributed by atoms with Crippen molar-refractivity contribution in [3.05, 3.63) is 0 Å². The molecular formula is C24H50N2. The summed E-state index contributed by atoms with van der Waals surface area (Å²) in [5.41, 5.74) is 0. The lowest BCUT2D eigenvalue weighted by Gasteiger charge is -2.30. The summed E-state index contributed by atoms with van der Waals surface area (Å²) in [4.78, 5) is 0. The maximum absolute atomic E-state index is 3.86. The molecule has 0 aliphatic heterocycles. The molecule has 0 atom stereocenters. The average molecular weight is 367 g/mol. The molecule has 156 valence electrons. The number of hydrogen-bond donors (Lipinski definition) is 2. The van der Waals surface area contributed by atoms with E-state index in [1.54, 1.807) is 0 Å². The van der Waals surface area contributed by atoms with Gasteiger partial charge in [-0.1, -0.05) is 90.9 Å². The lowest BCUT2D eigenvalue weighted by Crippen LogP contribution is -2.40. The Bertz CT molecular complexity index is 241. The van der Waals surface area contributed by atoms with E-state index >= 15 is 0 Å². The summed E-state index contributed by atoms with van der Waals surface area (Å²) >= 11 is 0. The SMILES string of the molecule is C1CCC(NC2CCCCC2)CC1.CCCCCCNCCCCCC. The molecule has 2 nitrogen and oxygen atoms in total. The van der Waals surface area contributed by atoms with Gasteiger partial charge in [0.05, 0.1) is 0 Å². The Morgan fingerprint density at radius 2 is 0.962 bits per heavy atom. The van der Waals surface area contributed by atoms with Crippen LogP contribution < -0.4 is 10.6 Å². The smallest absolute Gasteiger partial charge is 0.00696 e. The number of rotatable bonds is 12. The second-order valence-corrected chi connectivity index (χ2v) is 8.71. The number of unbranched alkanes of at least 4 members (excludes halogenated alkanes) is 6. The van der Waals surface area contributed by atoms with Crippen molar-refractivity contribution in [1.29, 1.82) is 0 Å². The highest BCUT2D eigenvalue weighted by Gasteiger charge is 2.19. The lowest BCUT2D eigenvalue weighted by atomic mass is 9.91. The van der Waals surface area contributed by atoms with Crippen LogP contribution >= 0.6 is 0 Å². The molecule has 0 amide bonds. The van der Waals surface area contributed by atoms with Gasteiger partial charge in [0.1, 0.15) is 0 Å². The van der Waals surface area contributed by atoms with E-state index in [1.165, 1.54) is 129 Å². The minimum Gasteiger partial charge on any atom is -0.317 e. The van der Waals surface area contributed by atoms with Crippen LogP contribution in [-0.4, -0.2) is 25.2 Å². The monoisotopic (exact) mass is 366 g/mol. The van der Waals surface area contributed by atoms with E-state index in [4.69, 9.17) is 0 Å². The summed E-state index contributed by atoms with van der Waals surface area (Å²) < 4.78 is 0. The summed E-state index contributed by atoms with van der Waals surface area (Å²) in [6.07, 6.45) is 25.6. The van der Waals surface area contributed by atoms with E-state index < -0.39 is 0 Å². The molecule has 26 heavy (non-hydrogen) atoms. The van der Waals surface area contributed by atoms with Gasteiger partial charge in [-0.05, 0) is 51.6 Å². The molecule has 2 fully saturated rings. The third-order valence-electron chi connectivity index (χ3n) is 6.10. The highest BCUT2D eigenvalue weighted by atomic mass is 14.9. The normalized spacial score (nSPS) is 19.2.